The van der Waals surface area contributed by atoms with E-state index in [9.17, 15) is 15.2 Å². The van der Waals surface area contributed by atoms with Gasteiger partial charge in [0, 0.05) is 24.2 Å². The molecule has 1 aliphatic rings. The third kappa shape index (κ3) is 2.62. The van der Waals surface area contributed by atoms with Crippen molar-refractivity contribution in [2.24, 2.45) is 0 Å². The quantitative estimate of drug-likeness (QED) is 0.601. The second-order valence-electron chi connectivity index (χ2n) is 4.57. The summed E-state index contributed by atoms with van der Waals surface area (Å²) in [5.41, 5.74) is 0.978. The lowest BCUT2D eigenvalue weighted by Gasteiger charge is -2.41. The van der Waals surface area contributed by atoms with Crippen LogP contribution in [0.5, 0.6) is 0 Å². The molecule has 17 heavy (non-hydrogen) atoms. The fourth-order valence-electron chi connectivity index (χ4n) is 2.02. The van der Waals surface area contributed by atoms with Gasteiger partial charge in [0.2, 0.25) is 0 Å². The van der Waals surface area contributed by atoms with E-state index in [1.54, 1.807) is 12.1 Å². The Morgan fingerprint density at radius 1 is 1.35 bits per heavy atom. The molecule has 0 unspecified atom stereocenters. The molecule has 0 aromatic heterocycles. The van der Waals surface area contributed by atoms with E-state index in [0.29, 0.717) is 6.54 Å². The molecule has 92 valence electrons. The standard InChI is InChI=1S/C12H16N2O3/c15-9-12(6-1-7-12)13-8-10-2-4-11(5-3-10)14(16)17/h2-5,13,15H,1,6-9H2. The average molecular weight is 236 g/mol. The molecule has 1 aromatic carbocycles. The van der Waals surface area contributed by atoms with Crippen LogP contribution in [0.4, 0.5) is 5.69 Å². The van der Waals surface area contributed by atoms with Gasteiger partial charge >= 0.3 is 0 Å². The first kappa shape index (κ1) is 12.0. The van der Waals surface area contributed by atoms with Crippen LogP contribution >= 0.6 is 0 Å². The van der Waals surface area contributed by atoms with Gasteiger partial charge in [-0.1, -0.05) is 12.1 Å². The number of nitro benzene ring substituents is 1. The van der Waals surface area contributed by atoms with Crippen LogP contribution in [-0.4, -0.2) is 22.2 Å². The lowest BCUT2D eigenvalue weighted by atomic mass is 9.77. The molecule has 5 heteroatoms. The molecule has 0 spiro atoms. The van der Waals surface area contributed by atoms with E-state index in [1.807, 2.05) is 0 Å². The van der Waals surface area contributed by atoms with Gasteiger partial charge in [-0.15, -0.1) is 0 Å². The second-order valence-corrected chi connectivity index (χ2v) is 4.57. The summed E-state index contributed by atoms with van der Waals surface area (Å²) in [6.07, 6.45) is 3.14. The van der Waals surface area contributed by atoms with Crippen LogP contribution in [0.15, 0.2) is 24.3 Å². The fourth-order valence-corrected chi connectivity index (χ4v) is 2.02. The van der Waals surface area contributed by atoms with Crippen molar-refractivity contribution in [1.29, 1.82) is 0 Å². The fraction of sp³-hybridized carbons (Fsp3) is 0.500. The molecule has 0 aliphatic heterocycles. The Balaban J connectivity index is 1.93. The lowest BCUT2D eigenvalue weighted by molar-refractivity contribution is -0.384. The van der Waals surface area contributed by atoms with Crippen LogP contribution in [0.3, 0.4) is 0 Å². The van der Waals surface area contributed by atoms with Gasteiger partial charge in [0.25, 0.3) is 5.69 Å². The molecule has 2 N–H and O–H groups in total. The molecular weight excluding hydrogens is 220 g/mol. The number of hydrogen-bond acceptors (Lipinski definition) is 4. The summed E-state index contributed by atoms with van der Waals surface area (Å²) in [7, 11) is 0. The Kier molecular flexibility index (Phi) is 3.40. The van der Waals surface area contributed by atoms with Gasteiger partial charge < -0.3 is 10.4 Å². The molecule has 2 rings (SSSR count). The van der Waals surface area contributed by atoms with E-state index in [2.05, 4.69) is 5.32 Å². The molecular formula is C12H16N2O3. The van der Waals surface area contributed by atoms with E-state index in [1.165, 1.54) is 12.1 Å². The van der Waals surface area contributed by atoms with Crippen molar-refractivity contribution >= 4 is 5.69 Å². The Hall–Kier alpha value is -1.46. The van der Waals surface area contributed by atoms with Crippen molar-refractivity contribution in [3.8, 4) is 0 Å². The van der Waals surface area contributed by atoms with Gasteiger partial charge in [0.05, 0.1) is 11.5 Å². The van der Waals surface area contributed by atoms with E-state index < -0.39 is 4.92 Å². The normalized spacial score (nSPS) is 17.5. The summed E-state index contributed by atoms with van der Waals surface area (Å²) < 4.78 is 0. The molecule has 1 aromatic rings. The first-order valence-electron chi connectivity index (χ1n) is 5.74. The molecule has 1 fully saturated rings. The van der Waals surface area contributed by atoms with Gasteiger partial charge in [-0.3, -0.25) is 10.1 Å². The van der Waals surface area contributed by atoms with Crippen molar-refractivity contribution in [2.45, 2.75) is 31.3 Å². The van der Waals surface area contributed by atoms with Crippen molar-refractivity contribution in [2.75, 3.05) is 6.61 Å². The van der Waals surface area contributed by atoms with E-state index >= 15 is 0 Å². The molecule has 0 bridgehead atoms. The molecule has 0 saturated heterocycles. The Morgan fingerprint density at radius 3 is 2.41 bits per heavy atom. The van der Waals surface area contributed by atoms with Gasteiger partial charge in [-0.2, -0.15) is 0 Å². The van der Waals surface area contributed by atoms with Gasteiger partial charge in [0.1, 0.15) is 0 Å². The minimum Gasteiger partial charge on any atom is -0.394 e. The summed E-state index contributed by atoms with van der Waals surface area (Å²) >= 11 is 0. The third-order valence-corrected chi connectivity index (χ3v) is 3.43. The largest absolute Gasteiger partial charge is 0.394 e. The molecule has 0 heterocycles. The zero-order valence-electron chi connectivity index (χ0n) is 9.56. The number of rotatable bonds is 5. The highest BCUT2D eigenvalue weighted by atomic mass is 16.6. The van der Waals surface area contributed by atoms with Crippen LogP contribution in [0.25, 0.3) is 0 Å². The van der Waals surface area contributed by atoms with Crippen LogP contribution < -0.4 is 5.32 Å². The summed E-state index contributed by atoms with van der Waals surface area (Å²) in [6, 6.07) is 6.50. The maximum absolute atomic E-state index is 10.5. The number of nitro groups is 1. The highest BCUT2D eigenvalue weighted by Crippen LogP contribution is 2.31. The molecule has 1 aliphatic carbocycles. The SMILES string of the molecule is O=[N+]([O-])c1ccc(CNC2(CO)CCC2)cc1. The highest BCUT2D eigenvalue weighted by molar-refractivity contribution is 5.32. The molecule has 0 atom stereocenters. The molecule has 0 amide bonds. The summed E-state index contributed by atoms with van der Waals surface area (Å²) in [6.45, 7) is 0.790. The van der Waals surface area contributed by atoms with Crippen LogP contribution in [0, 0.1) is 10.1 Å². The molecule has 1 saturated carbocycles. The Bertz CT molecular complexity index is 393. The number of nitrogens with zero attached hydrogens (tertiary/aromatic N) is 1. The van der Waals surface area contributed by atoms with E-state index in [0.717, 1.165) is 24.8 Å². The maximum atomic E-state index is 10.5. The van der Waals surface area contributed by atoms with Crippen LogP contribution in [0.2, 0.25) is 0 Å². The third-order valence-electron chi connectivity index (χ3n) is 3.43. The first-order valence-corrected chi connectivity index (χ1v) is 5.74. The topological polar surface area (TPSA) is 75.4 Å². The summed E-state index contributed by atoms with van der Waals surface area (Å²) in [5, 5.41) is 23.1. The maximum Gasteiger partial charge on any atom is 0.269 e. The predicted molar refractivity (Wildman–Crippen MR) is 63.6 cm³/mol. The summed E-state index contributed by atoms with van der Waals surface area (Å²) in [4.78, 5) is 10.1. The zero-order chi connectivity index (χ0) is 12.3. The van der Waals surface area contributed by atoms with Gasteiger partial charge in [-0.25, -0.2) is 0 Å². The Morgan fingerprint density at radius 2 is 2.00 bits per heavy atom. The number of hydrogen-bond donors (Lipinski definition) is 2. The number of benzene rings is 1. The van der Waals surface area contributed by atoms with Crippen molar-refractivity contribution in [1.82, 2.24) is 5.32 Å². The van der Waals surface area contributed by atoms with E-state index in [-0.39, 0.29) is 17.8 Å². The van der Waals surface area contributed by atoms with Crippen molar-refractivity contribution in [3.05, 3.63) is 39.9 Å². The van der Waals surface area contributed by atoms with Crippen molar-refractivity contribution in [3.63, 3.8) is 0 Å². The molecule has 0 radical (unpaired) electrons. The monoisotopic (exact) mass is 236 g/mol. The number of aliphatic hydroxyl groups excluding tert-OH is 1. The van der Waals surface area contributed by atoms with Crippen LogP contribution in [-0.2, 0) is 6.54 Å². The second kappa shape index (κ2) is 4.81. The smallest absolute Gasteiger partial charge is 0.269 e. The van der Waals surface area contributed by atoms with Crippen molar-refractivity contribution < 1.29 is 10.0 Å². The van der Waals surface area contributed by atoms with Gasteiger partial charge in [-0.05, 0) is 24.8 Å². The van der Waals surface area contributed by atoms with E-state index in [4.69, 9.17) is 0 Å². The minimum atomic E-state index is -0.404. The Labute approximate surface area is 99.6 Å². The average Bonchev–Trinajstić information content (AvgIpc) is 2.29. The zero-order valence-corrected chi connectivity index (χ0v) is 9.56. The predicted octanol–water partition coefficient (Wildman–Crippen LogP) is 1.60. The number of nitrogens with one attached hydrogen (secondary N) is 1. The highest BCUT2D eigenvalue weighted by Gasteiger charge is 2.35. The van der Waals surface area contributed by atoms with Gasteiger partial charge in [0.15, 0.2) is 0 Å². The minimum absolute atomic E-state index is 0.106. The number of non-ortho nitro benzene ring substituents is 1. The summed E-state index contributed by atoms with van der Waals surface area (Å²) in [5.74, 6) is 0. The first-order chi connectivity index (χ1) is 8.15. The molecule has 5 nitrogen and oxygen atoms in total. The number of aliphatic hydroxyl groups is 1. The lowest BCUT2D eigenvalue weighted by Crippen LogP contribution is -2.53. The van der Waals surface area contributed by atoms with Crippen LogP contribution in [0.1, 0.15) is 24.8 Å².